The van der Waals surface area contributed by atoms with E-state index in [4.69, 9.17) is 9.47 Å². The smallest absolute Gasteiger partial charge is 0.163 e. The molecule has 4 nitrogen and oxygen atoms in total. The molecule has 4 heteroatoms. The van der Waals surface area contributed by atoms with E-state index in [0.717, 1.165) is 28.2 Å². The fourth-order valence-corrected chi connectivity index (χ4v) is 2.66. The van der Waals surface area contributed by atoms with E-state index in [1.54, 1.807) is 14.2 Å². The van der Waals surface area contributed by atoms with Gasteiger partial charge in [-0.05, 0) is 36.6 Å². The van der Waals surface area contributed by atoms with Gasteiger partial charge in [-0.3, -0.25) is 0 Å². The Morgan fingerprint density at radius 2 is 1.78 bits per heavy atom. The molecule has 124 valence electrons. The Morgan fingerprint density at radius 1 is 1.09 bits per heavy atom. The van der Waals surface area contributed by atoms with Crippen molar-refractivity contribution in [2.24, 2.45) is 0 Å². The number of hydrogen-bond donors (Lipinski definition) is 2. The van der Waals surface area contributed by atoms with Gasteiger partial charge in [0.2, 0.25) is 0 Å². The molecule has 2 N–H and O–H groups in total. The number of aryl methyl sites for hydroxylation is 1. The van der Waals surface area contributed by atoms with E-state index >= 15 is 0 Å². The van der Waals surface area contributed by atoms with Crippen molar-refractivity contribution >= 4 is 0 Å². The monoisotopic (exact) mass is 315 g/mol. The summed E-state index contributed by atoms with van der Waals surface area (Å²) in [6, 6.07) is 13.6. The average molecular weight is 315 g/mol. The number of rotatable bonds is 7. The summed E-state index contributed by atoms with van der Waals surface area (Å²) in [5.74, 6) is 1.48. The maximum atomic E-state index is 10.4. The molecule has 0 radical (unpaired) electrons. The third kappa shape index (κ3) is 4.24. The molecular formula is C19H25NO3. The summed E-state index contributed by atoms with van der Waals surface area (Å²) >= 11 is 0. The molecule has 0 heterocycles. The predicted molar refractivity (Wildman–Crippen MR) is 92.0 cm³/mol. The highest BCUT2D eigenvalue weighted by Gasteiger charge is 2.16. The molecule has 0 aliphatic carbocycles. The second-order valence-corrected chi connectivity index (χ2v) is 5.67. The Bertz CT molecular complexity index is 628. The molecule has 0 saturated heterocycles. The van der Waals surface area contributed by atoms with Crippen LogP contribution < -0.4 is 14.8 Å². The van der Waals surface area contributed by atoms with Gasteiger partial charge in [-0.1, -0.05) is 36.4 Å². The number of aliphatic hydroxyl groups excluding tert-OH is 1. The van der Waals surface area contributed by atoms with Crippen LogP contribution in [0.2, 0.25) is 0 Å². The number of benzene rings is 2. The Kier molecular flexibility index (Phi) is 6.02. The first-order chi connectivity index (χ1) is 11.1. The van der Waals surface area contributed by atoms with E-state index < -0.39 is 6.10 Å². The molecule has 0 amide bonds. The van der Waals surface area contributed by atoms with Crippen molar-refractivity contribution in [3.63, 3.8) is 0 Å². The van der Waals surface area contributed by atoms with Crippen molar-refractivity contribution < 1.29 is 14.6 Å². The molecule has 2 unspecified atom stereocenters. The molecule has 23 heavy (non-hydrogen) atoms. The minimum atomic E-state index is -0.544. The van der Waals surface area contributed by atoms with Gasteiger partial charge in [0.15, 0.2) is 11.5 Å². The SMILES string of the molecule is COc1cc(CNC(C)C(O)c2ccccc2)cc(C)c1OC. The van der Waals surface area contributed by atoms with E-state index in [-0.39, 0.29) is 6.04 Å². The first-order valence-corrected chi connectivity index (χ1v) is 7.74. The topological polar surface area (TPSA) is 50.7 Å². The second kappa shape index (κ2) is 7.99. The minimum Gasteiger partial charge on any atom is -0.493 e. The highest BCUT2D eigenvalue weighted by molar-refractivity contribution is 5.48. The molecule has 2 rings (SSSR count). The van der Waals surface area contributed by atoms with E-state index in [9.17, 15) is 5.11 Å². The lowest BCUT2D eigenvalue weighted by Gasteiger charge is -2.21. The standard InChI is InChI=1S/C19H25NO3/c1-13-10-15(11-17(22-3)19(13)23-4)12-20-14(2)18(21)16-8-6-5-7-9-16/h5-11,14,18,20-21H,12H2,1-4H3. The van der Waals surface area contributed by atoms with Crippen molar-refractivity contribution in [2.75, 3.05) is 14.2 Å². The number of ether oxygens (including phenoxy) is 2. The molecule has 0 fully saturated rings. The molecule has 0 aliphatic heterocycles. The summed E-state index contributed by atoms with van der Waals surface area (Å²) < 4.78 is 10.7. The molecule has 0 saturated carbocycles. The van der Waals surface area contributed by atoms with Crippen LogP contribution in [0.3, 0.4) is 0 Å². The molecule has 0 aromatic heterocycles. The summed E-state index contributed by atoms with van der Waals surface area (Å²) in [6.07, 6.45) is -0.544. The lowest BCUT2D eigenvalue weighted by molar-refractivity contribution is 0.135. The van der Waals surface area contributed by atoms with Crippen LogP contribution in [-0.4, -0.2) is 25.4 Å². The quantitative estimate of drug-likeness (QED) is 0.824. The second-order valence-electron chi connectivity index (χ2n) is 5.67. The van der Waals surface area contributed by atoms with Crippen LogP contribution in [0.25, 0.3) is 0 Å². The number of hydrogen-bond acceptors (Lipinski definition) is 4. The van der Waals surface area contributed by atoms with Crippen molar-refractivity contribution in [2.45, 2.75) is 32.5 Å². The fraction of sp³-hybridized carbons (Fsp3) is 0.368. The van der Waals surface area contributed by atoms with Crippen LogP contribution in [-0.2, 0) is 6.54 Å². The summed E-state index contributed by atoms with van der Waals surface area (Å²) in [5.41, 5.74) is 3.03. The predicted octanol–water partition coefficient (Wildman–Crippen LogP) is 3.22. The normalized spacial score (nSPS) is 13.4. The van der Waals surface area contributed by atoms with Crippen LogP contribution in [0.5, 0.6) is 11.5 Å². The van der Waals surface area contributed by atoms with E-state index in [2.05, 4.69) is 11.4 Å². The molecule has 2 aromatic carbocycles. The zero-order valence-corrected chi connectivity index (χ0v) is 14.2. The number of aliphatic hydroxyl groups is 1. The van der Waals surface area contributed by atoms with Gasteiger partial charge in [0, 0.05) is 12.6 Å². The summed E-state index contributed by atoms with van der Waals surface area (Å²) in [6.45, 7) is 4.62. The zero-order valence-electron chi connectivity index (χ0n) is 14.2. The van der Waals surface area contributed by atoms with Crippen molar-refractivity contribution in [1.82, 2.24) is 5.32 Å². The summed E-state index contributed by atoms with van der Waals surface area (Å²) in [5, 5.41) is 13.8. The zero-order chi connectivity index (χ0) is 16.8. The first-order valence-electron chi connectivity index (χ1n) is 7.74. The lowest BCUT2D eigenvalue weighted by Crippen LogP contribution is -2.31. The maximum Gasteiger partial charge on any atom is 0.163 e. The maximum absolute atomic E-state index is 10.4. The van der Waals surface area contributed by atoms with Gasteiger partial charge >= 0.3 is 0 Å². The third-order valence-corrected chi connectivity index (χ3v) is 3.97. The highest BCUT2D eigenvalue weighted by atomic mass is 16.5. The van der Waals surface area contributed by atoms with Gasteiger partial charge in [-0.2, -0.15) is 0 Å². The van der Waals surface area contributed by atoms with Gasteiger partial charge in [0.25, 0.3) is 0 Å². The summed E-state index contributed by atoms with van der Waals surface area (Å²) in [4.78, 5) is 0. The minimum absolute atomic E-state index is 0.0641. The van der Waals surface area contributed by atoms with E-state index in [1.807, 2.05) is 50.2 Å². The van der Waals surface area contributed by atoms with E-state index in [1.165, 1.54) is 0 Å². The van der Waals surface area contributed by atoms with Crippen LogP contribution in [0.1, 0.15) is 29.7 Å². The molecule has 0 aliphatic rings. The molecular weight excluding hydrogens is 290 g/mol. The largest absolute Gasteiger partial charge is 0.493 e. The number of nitrogens with one attached hydrogen (secondary N) is 1. The Hall–Kier alpha value is -2.04. The fourth-order valence-electron chi connectivity index (χ4n) is 2.66. The molecule has 0 spiro atoms. The first kappa shape index (κ1) is 17.3. The van der Waals surface area contributed by atoms with Gasteiger partial charge in [-0.15, -0.1) is 0 Å². The van der Waals surface area contributed by atoms with Crippen molar-refractivity contribution in [1.29, 1.82) is 0 Å². The van der Waals surface area contributed by atoms with Gasteiger partial charge < -0.3 is 19.9 Å². The third-order valence-electron chi connectivity index (χ3n) is 3.97. The van der Waals surface area contributed by atoms with Crippen LogP contribution >= 0.6 is 0 Å². The Labute approximate surface area is 138 Å². The van der Waals surface area contributed by atoms with E-state index in [0.29, 0.717) is 6.54 Å². The molecule has 2 atom stereocenters. The highest BCUT2D eigenvalue weighted by Crippen LogP contribution is 2.32. The van der Waals surface area contributed by atoms with Crippen molar-refractivity contribution in [3.05, 3.63) is 59.2 Å². The lowest BCUT2D eigenvalue weighted by atomic mass is 10.0. The number of methoxy groups -OCH3 is 2. The van der Waals surface area contributed by atoms with Gasteiger partial charge in [0.1, 0.15) is 0 Å². The Morgan fingerprint density at radius 3 is 2.39 bits per heavy atom. The van der Waals surface area contributed by atoms with Crippen LogP contribution in [0.15, 0.2) is 42.5 Å². The molecule has 0 bridgehead atoms. The van der Waals surface area contributed by atoms with Gasteiger partial charge in [0.05, 0.1) is 20.3 Å². The average Bonchev–Trinajstić information content (AvgIpc) is 2.59. The van der Waals surface area contributed by atoms with Gasteiger partial charge in [-0.25, -0.2) is 0 Å². The Balaban J connectivity index is 2.04. The van der Waals surface area contributed by atoms with Crippen LogP contribution in [0.4, 0.5) is 0 Å². The summed E-state index contributed by atoms with van der Waals surface area (Å²) in [7, 11) is 3.28. The van der Waals surface area contributed by atoms with Crippen molar-refractivity contribution in [3.8, 4) is 11.5 Å². The molecule has 2 aromatic rings. The van der Waals surface area contributed by atoms with Crippen LogP contribution in [0, 0.1) is 6.92 Å².